The van der Waals surface area contributed by atoms with Crippen LogP contribution >= 0.6 is 0 Å². The van der Waals surface area contributed by atoms with E-state index >= 15 is 0 Å². The van der Waals surface area contributed by atoms with Crippen LogP contribution in [-0.2, 0) is 9.84 Å². The van der Waals surface area contributed by atoms with Gasteiger partial charge in [0.15, 0.2) is 9.84 Å². The third-order valence-electron chi connectivity index (χ3n) is 4.32. The number of amides is 2. The fourth-order valence-electron chi connectivity index (χ4n) is 2.87. The molecule has 1 saturated heterocycles. The molecule has 1 heterocycles. The van der Waals surface area contributed by atoms with Crippen LogP contribution < -0.4 is 15.4 Å². The third kappa shape index (κ3) is 4.17. The molecule has 1 aliphatic heterocycles. The van der Waals surface area contributed by atoms with Crippen LogP contribution in [-0.4, -0.2) is 38.6 Å². The summed E-state index contributed by atoms with van der Waals surface area (Å²) in [6.07, 6.45) is 1.12. The Kier molecular flexibility index (Phi) is 5.69. The summed E-state index contributed by atoms with van der Waals surface area (Å²) in [5.74, 6) is -0.202. The first-order valence-electron chi connectivity index (χ1n) is 7.85. The highest BCUT2D eigenvalue weighted by Crippen LogP contribution is 2.27. The van der Waals surface area contributed by atoms with Gasteiger partial charge >= 0.3 is 6.03 Å². The second kappa shape index (κ2) is 7.38. The molecule has 2 amide bonds. The maximum Gasteiger partial charge on any atom is 0.315 e. The number of benzene rings is 1. The third-order valence-corrected chi connectivity index (χ3v) is 6.65. The summed E-state index contributed by atoms with van der Waals surface area (Å²) in [7, 11) is -1.75. The molecule has 1 aromatic carbocycles. The van der Waals surface area contributed by atoms with Crippen LogP contribution in [0, 0.1) is 5.82 Å². The lowest BCUT2D eigenvalue weighted by atomic mass is 10.1. The fraction of sp³-hybridized carbons (Fsp3) is 0.562. The number of carbonyl (C=O) groups is 1. The largest absolute Gasteiger partial charge is 0.496 e. The standard InChI is InChI=1S/C16H23FN2O4S/c1-10-7-8-12(9-24(10,21)22)19-16(20)18-11(2)15-13(17)5-4-6-14(15)23-3/h4-6,10-12H,7-9H2,1-3H3,(H2,18,19,20). The van der Waals surface area contributed by atoms with E-state index in [2.05, 4.69) is 10.6 Å². The predicted octanol–water partition coefficient (Wildman–Crippen LogP) is 2.16. The average Bonchev–Trinajstić information content (AvgIpc) is 2.50. The molecular weight excluding hydrogens is 335 g/mol. The zero-order valence-electron chi connectivity index (χ0n) is 14.0. The molecule has 2 N–H and O–H groups in total. The monoisotopic (exact) mass is 358 g/mol. The minimum absolute atomic E-state index is 0.0704. The number of carbonyl (C=O) groups excluding carboxylic acids is 1. The molecule has 0 saturated carbocycles. The second-order valence-electron chi connectivity index (χ2n) is 6.11. The van der Waals surface area contributed by atoms with Gasteiger partial charge in [-0.3, -0.25) is 0 Å². The van der Waals surface area contributed by atoms with Crippen molar-refractivity contribution in [1.82, 2.24) is 10.6 Å². The van der Waals surface area contributed by atoms with Gasteiger partial charge in [0.05, 0.1) is 29.7 Å². The van der Waals surface area contributed by atoms with Crippen LogP contribution in [0.4, 0.5) is 9.18 Å². The van der Waals surface area contributed by atoms with E-state index in [-0.39, 0.29) is 16.6 Å². The van der Waals surface area contributed by atoms with Gasteiger partial charge in [-0.25, -0.2) is 17.6 Å². The maximum absolute atomic E-state index is 14.0. The second-order valence-corrected chi connectivity index (χ2v) is 8.57. The van der Waals surface area contributed by atoms with Crippen LogP contribution in [0.5, 0.6) is 5.75 Å². The van der Waals surface area contributed by atoms with E-state index < -0.39 is 33.8 Å². The lowest BCUT2D eigenvalue weighted by Crippen LogP contribution is -2.49. The average molecular weight is 358 g/mol. The highest BCUT2D eigenvalue weighted by molar-refractivity contribution is 7.92. The van der Waals surface area contributed by atoms with Gasteiger partial charge < -0.3 is 15.4 Å². The zero-order chi connectivity index (χ0) is 17.9. The number of hydrogen-bond donors (Lipinski definition) is 2. The lowest BCUT2D eigenvalue weighted by Gasteiger charge is -2.28. The Hall–Kier alpha value is -1.83. The molecule has 3 unspecified atom stereocenters. The van der Waals surface area contributed by atoms with Crippen molar-refractivity contribution in [2.24, 2.45) is 0 Å². The van der Waals surface area contributed by atoms with Crippen molar-refractivity contribution >= 4 is 15.9 Å². The van der Waals surface area contributed by atoms with Gasteiger partial charge in [-0.05, 0) is 38.8 Å². The summed E-state index contributed by atoms with van der Waals surface area (Å²) in [4.78, 5) is 12.1. The van der Waals surface area contributed by atoms with Gasteiger partial charge in [0.25, 0.3) is 0 Å². The molecule has 134 valence electrons. The molecule has 0 aliphatic carbocycles. The minimum Gasteiger partial charge on any atom is -0.496 e. The van der Waals surface area contributed by atoms with Gasteiger partial charge in [0.1, 0.15) is 11.6 Å². The molecule has 1 aromatic rings. The van der Waals surface area contributed by atoms with Crippen molar-refractivity contribution in [3.05, 3.63) is 29.6 Å². The lowest BCUT2D eigenvalue weighted by molar-refractivity contribution is 0.233. The summed E-state index contributed by atoms with van der Waals surface area (Å²) in [5, 5.41) is 4.92. The topological polar surface area (TPSA) is 84.5 Å². The van der Waals surface area contributed by atoms with Gasteiger partial charge in [-0.2, -0.15) is 0 Å². The molecule has 0 radical (unpaired) electrons. The molecule has 0 bridgehead atoms. The molecule has 1 fully saturated rings. The number of nitrogens with one attached hydrogen (secondary N) is 2. The van der Waals surface area contributed by atoms with Crippen molar-refractivity contribution in [3.8, 4) is 5.75 Å². The summed E-state index contributed by atoms with van der Waals surface area (Å²) in [5.41, 5.74) is 0.250. The van der Waals surface area contributed by atoms with E-state index in [9.17, 15) is 17.6 Å². The van der Waals surface area contributed by atoms with E-state index in [1.54, 1.807) is 19.9 Å². The summed E-state index contributed by atoms with van der Waals surface area (Å²) < 4.78 is 43.0. The van der Waals surface area contributed by atoms with Crippen molar-refractivity contribution in [1.29, 1.82) is 0 Å². The van der Waals surface area contributed by atoms with Crippen molar-refractivity contribution < 1.29 is 22.3 Å². The summed E-state index contributed by atoms with van der Waals surface area (Å²) >= 11 is 0. The quantitative estimate of drug-likeness (QED) is 0.864. The van der Waals surface area contributed by atoms with E-state index in [0.717, 1.165) is 0 Å². The molecule has 24 heavy (non-hydrogen) atoms. The highest BCUT2D eigenvalue weighted by atomic mass is 32.2. The number of halogens is 1. The molecule has 0 spiro atoms. The molecular formula is C16H23FN2O4S. The highest BCUT2D eigenvalue weighted by Gasteiger charge is 2.32. The number of sulfone groups is 1. The molecule has 0 aromatic heterocycles. The number of ether oxygens (including phenoxy) is 1. The Morgan fingerprint density at radius 1 is 1.38 bits per heavy atom. The fourth-order valence-corrected chi connectivity index (χ4v) is 4.50. The van der Waals surface area contributed by atoms with Gasteiger partial charge in [0, 0.05) is 6.04 Å². The van der Waals surface area contributed by atoms with Crippen LogP contribution in [0.2, 0.25) is 0 Å². The predicted molar refractivity (Wildman–Crippen MR) is 89.3 cm³/mol. The van der Waals surface area contributed by atoms with Crippen LogP contribution in [0.15, 0.2) is 18.2 Å². The molecule has 1 aliphatic rings. The number of hydrogen-bond acceptors (Lipinski definition) is 4. The molecule has 3 atom stereocenters. The summed E-state index contributed by atoms with van der Waals surface area (Å²) in [6.45, 7) is 3.32. The van der Waals surface area contributed by atoms with Gasteiger partial charge in [0.2, 0.25) is 0 Å². The SMILES string of the molecule is COc1cccc(F)c1C(C)NC(=O)NC1CCC(C)S(=O)(=O)C1. The normalized spacial score (nSPS) is 24.0. The Bertz CT molecular complexity index is 708. The van der Waals surface area contributed by atoms with Crippen LogP contribution in [0.1, 0.15) is 38.3 Å². The number of methoxy groups -OCH3 is 1. The van der Waals surface area contributed by atoms with Gasteiger partial charge in [-0.1, -0.05) is 6.07 Å². The van der Waals surface area contributed by atoms with E-state index in [0.29, 0.717) is 18.6 Å². The van der Waals surface area contributed by atoms with Crippen molar-refractivity contribution in [3.63, 3.8) is 0 Å². The molecule has 2 rings (SSSR count). The van der Waals surface area contributed by atoms with Crippen LogP contribution in [0.25, 0.3) is 0 Å². The summed E-state index contributed by atoms with van der Waals surface area (Å²) in [6, 6.07) is 2.86. The smallest absolute Gasteiger partial charge is 0.315 e. The maximum atomic E-state index is 14.0. The first kappa shape index (κ1) is 18.5. The minimum atomic E-state index is -3.18. The van der Waals surface area contributed by atoms with E-state index in [4.69, 9.17) is 4.74 Å². The molecule has 6 nitrogen and oxygen atoms in total. The van der Waals surface area contributed by atoms with Crippen molar-refractivity contribution in [2.45, 2.75) is 44.0 Å². The Morgan fingerprint density at radius 3 is 2.71 bits per heavy atom. The Balaban J connectivity index is 2.00. The first-order valence-corrected chi connectivity index (χ1v) is 9.57. The Morgan fingerprint density at radius 2 is 2.08 bits per heavy atom. The van der Waals surface area contributed by atoms with Crippen molar-refractivity contribution in [2.75, 3.05) is 12.9 Å². The van der Waals surface area contributed by atoms with Gasteiger partial charge in [-0.15, -0.1) is 0 Å². The number of rotatable bonds is 4. The van der Waals surface area contributed by atoms with E-state index in [1.807, 2.05) is 0 Å². The Labute approximate surface area is 141 Å². The van der Waals surface area contributed by atoms with E-state index in [1.165, 1.54) is 19.2 Å². The first-order chi connectivity index (χ1) is 11.2. The van der Waals surface area contributed by atoms with Crippen LogP contribution in [0.3, 0.4) is 0 Å². The zero-order valence-corrected chi connectivity index (χ0v) is 14.8. The number of urea groups is 1. The molecule has 8 heteroatoms.